The minimum atomic E-state index is 0.0534. The fourth-order valence-electron chi connectivity index (χ4n) is 3.56. The summed E-state index contributed by atoms with van der Waals surface area (Å²) < 4.78 is 2.38. The Hall–Kier alpha value is -1.83. The molecule has 0 atom stereocenters. The van der Waals surface area contributed by atoms with E-state index in [1.54, 1.807) is 6.07 Å². The molecule has 2 aliphatic heterocycles. The number of hydrogen-bond acceptors (Lipinski definition) is 1. The Balaban J connectivity index is 2.24. The van der Waals surface area contributed by atoms with Crippen molar-refractivity contribution in [2.24, 2.45) is 0 Å². The van der Waals surface area contributed by atoms with Crippen molar-refractivity contribution in [3.8, 4) is 5.75 Å². The van der Waals surface area contributed by atoms with Gasteiger partial charge in [0, 0.05) is 22.9 Å². The van der Waals surface area contributed by atoms with Gasteiger partial charge >= 0.3 is 0 Å². The first-order valence-corrected chi connectivity index (χ1v) is 6.49. The van der Waals surface area contributed by atoms with Crippen LogP contribution < -0.4 is 0 Å². The summed E-state index contributed by atoms with van der Waals surface area (Å²) in [5.74, 6) is 0.396. The minimum Gasteiger partial charge on any atom is -0.507 e. The molecule has 0 amide bonds. The lowest BCUT2D eigenvalue weighted by Gasteiger charge is -2.15. The molecule has 0 aliphatic carbocycles. The minimum absolute atomic E-state index is 0.0534. The fourth-order valence-corrected chi connectivity index (χ4v) is 3.56. The fraction of sp³-hybridized carbons (Fsp3) is 0.312. The third-order valence-corrected chi connectivity index (χ3v) is 4.24. The van der Waals surface area contributed by atoms with E-state index in [2.05, 4.69) is 36.8 Å². The molecule has 2 heterocycles. The Morgan fingerprint density at radius 1 is 1.22 bits per heavy atom. The highest BCUT2D eigenvalue weighted by molar-refractivity contribution is 5.99. The van der Waals surface area contributed by atoms with Crippen LogP contribution in [0.2, 0.25) is 0 Å². The van der Waals surface area contributed by atoms with Gasteiger partial charge in [-0.3, -0.25) is 0 Å². The number of aromatic hydroxyl groups is 1. The van der Waals surface area contributed by atoms with Gasteiger partial charge in [-0.1, -0.05) is 12.1 Å². The molecule has 0 saturated carbocycles. The number of phenolic OH excluding ortho intramolecular Hbond substituents is 1. The second-order valence-electron chi connectivity index (χ2n) is 5.93. The van der Waals surface area contributed by atoms with Crippen LogP contribution in [0.1, 0.15) is 25.0 Å². The molecular formula is C16H16NO+. The van der Waals surface area contributed by atoms with Gasteiger partial charge in [-0.15, -0.1) is 0 Å². The van der Waals surface area contributed by atoms with Crippen molar-refractivity contribution in [2.75, 3.05) is 6.54 Å². The number of hydrogen-bond donors (Lipinski definition) is 1. The predicted molar refractivity (Wildman–Crippen MR) is 73.2 cm³/mol. The molecule has 90 valence electrons. The first-order valence-electron chi connectivity index (χ1n) is 6.49. The molecule has 0 radical (unpaired) electrons. The summed E-state index contributed by atoms with van der Waals surface area (Å²) in [6.07, 6.45) is 3.41. The summed E-state index contributed by atoms with van der Waals surface area (Å²) in [5.41, 5.74) is 4.19. The van der Waals surface area contributed by atoms with Crippen LogP contribution in [0.25, 0.3) is 10.8 Å². The highest BCUT2D eigenvalue weighted by Gasteiger charge is 2.43. The van der Waals surface area contributed by atoms with Gasteiger partial charge in [0.15, 0.2) is 12.8 Å². The van der Waals surface area contributed by atoms with E-state index in [4.69, 9.17) is 0 Å². The van der Waals surface area contributed by atoms with Gasteiger partial charge in [0.2, 0.25) is 5.69 Å². The van der Waals surface area contributed by atoms with Crippen molar-refractivity contribution >= 4 is 22.7 Å². The molecule has 2 nitrogen and oxygen atoms in total. The maximum Gasteiger partial charge on any atom is 0.213 e. The summed E-state index contributed by atoms with van der Waals surface area (Å²) in [6.45, 7) is 5.58. The number of nitrogens with zero attached hydrogens (tertiary/aromatic N) is 1. The normalized spacial score (nSPS) is 19.1. The van der Waals surface area contributed by atoms with Crippen LogP contribution in [0.4, 0.5) is 5.69 Å². The summed E-state index contributed by atoms with van der Waals surface area (Å²) in [5, 5.41) is 12.3. The molecule has 1 N–H and O–H groups in total. The molecule has 2 aromatic carbocycles. The lowest BCUT2D eigenvalue weighted by atomic mass is 9.82. The lowest BCUT2D eigenvalue weighted by molar-refractivity contribution is -0.421. The first-order chi connectivity index (χ1) is 8.58. The molecule has 2 aromatic rings. The number of benzene rings is 2. The van der Waals surface area contributed by atoms with E-state index < -0.39 is 0 Å². The van der Waals surface area contributed by atoms with E-state index in [0.717, 1.165) is 18.4 Å². The third kappa shape index (κ3) is 1.06. The maximum absolute atomic E-state index is 10.1. The third-order valence-electron chi connectivity index (χ3n) is 4.24. The van der Waals surface area contributed by atoms with E-state index in [0.29, 0.717) is 5.75 Å². The zero-order chi connectivity index (χ0) is 12.5. The SMILES string of the molecule is CC1(C)C=[N+]2CCc3cc4c(O)cccc4c1c32. The van der Waals surface area contributed by atoms with Crippen LogP contribution in [-0.4, -0.2) is 22.4 Å². The van der Waals surface area contributed by atoms with E-state index in [9.17, 15) is 5.11 Å². The smallest absolute Gasteiger partial charge is 0.213 e. The molecule has 0 bridgehead atoms. The molecule has 0 saturated heterocycles. The predicted octanol–water partition coefficient (Wildman–Crippen LogP) is 3.11. The molecule has 0 aromatic heterocycles. The molecule has 18 heavy (non-hydrogen) atoms. The zero-order valence-corrected chi connectivity index (χ0v) is 10.7. The van der Waals surface area contributed by atoms with Crippen LogP contribution in [-0.2, 0) is 11.8 Å². The van der Waals surface area contributed by atoms with E-state index in [1.165, 1.54) is 22.2 Å². The summed E-state index contributed by atoms with van der Waals surface area (Å²) in [6, 6.07) is 8.01. The number of fused-ring (bicyclic) bond motifs is 2. The topological polar surface area (TPSA) is 23.2 Å². The largest absolute Gasteiger partial charge is 0.507 e. The summed E-state index contributed by atoms with van der Waals surface area (Å²) in [4.78, 5) is 0. The molecule has 4 rings (SSSR count). The highest BCUT2D eigenvalue weighted by Crippen LogP contribution is 2.47. The quantitative estimate of drug-likeness (QED) is 0.700. The Kier molecular flexibility index (Phi) is 1.66. The van der Waals surface area contributed by atoms with E-state index in [-0.39, 0.29) is 5.41 Å². The van der Waals surface area contributed by atoms with Gasteiger partial charge in [-0.25, -0.2) is 4.58 Å². The van der Waals surface area contributed by atoms with Crippen molar-refractivity contribution < 1.29 is 9.68 Å². The van der Waals surface area contributed by atoms with Gasteiger partial charge in [-0.2, -0.15) is 0 Å². The van der Waals surface area contributed by atoms with Crippen LogP contribution in [0.5, 0.6) is 5.75 Å². The van der Waals surface area contributed by atoms with Crippen molar-refractivity contribution in [1.29, 1.82) is 0 Å². The van der Waals surface area contributed by atoms with Crippen LogP contribution >= 0.6 is 0 Å². The molecule has 0 fully saturated rings. The number of rotatable bonds is 0. The van der Waals surface area contributed by atoms with Crippen molar-refractivity contribution in [2.45, 2.75) is 25.7 Å². The van der Waals surface area contributed by atoms with Crippen molar-refractivity contribution in [3.05, 3.63) is 35.4 Å². The highest BCUT2D eigenvalue weighted by atomic mass is 16.3. The lowest BCUT2D eigenvalue weighted by Crippen LogP contribution is -2.18. The average Bonchev–Trinajstić information content (AvgIpc) is 2.81. The van der Waals surface area contributed by atoms with Crippen LogP contribution in [0.15, 0.2) is 24.3 Å². The zero-order valence-electron chi connectivity index (χ0n) is 10.7. The van der Waals surface area contributed by atoms with Crippen LogP contribution in [0.3, 0.4) is 0 Å². The van der Waals surface area contributed by atoms with Gasteiger partial charge in [0.05, 0.1) is 5.41 Å². The number of phenols is 1. The molecule has 0 unspecified atom stereocenters. The van der Waals surface area contributed by atoms with Gasteiger partial charge in [-0.05, 0) is 31.4 Å². The second kappa shape index (κ2) is 2.94. The summed E-state index contributed by atoms with van der Waals surface area (Å²) in [7, 11) is 0. The Morgan fingerprint density at radius 3 is 2.89 bits per heavy atom. The molecule has 2 heteroatoms. The van der Waals surface area contributed by atoms with E-state index in [1.807, 2.05) is 6.07 Å². The standard InChI is InChI=1S/C16H15NO/c1-16(2)9-17-7-6-10-8-12-11(14(16)15(10)17)4-3-5-13(12)18/h3-5,8-9H,6-7H2,1-2H3/p+1. The Labute approximate surface area is 106 Å². The Bertz CT molecular complexity index is 725. The molecule has 2 aliphatic rings. The van der Waals surface area contributed by atoms with Crippen LogP contribution in [0, 0.1) is 0 Å². The van der Waals surface area contributed by atoms with Crippen molar-refractivity contribution in [1.82, 2.24) is 0 Å². The van der Waals surface area contributed by atoms with E-state index >= 15 is 0 Å². The van der Waals surface area contributed by atoms with Gasteiger partial charge < -0.3 is 5.11 Å². The van der Waals surface area contributed by atoms with Gasteiger partial charge in [0.25, 0.3) is 0 Å². The summed E-state index contributed by atoms with van der Waals surface area (Å²) >= 11 is 0. The maximum atomic E-state index is 10.1. The van der Waals surface area contributed by atoms with Gasteiger partial charge in [0.1, 0.15) is 5.75 Å². The molecule has 0 spiro atoms. The first kappa shape index (κ1) is 10.1. The Morgan fingerprint density at radius 2 is 2.06 bits per heavy atom. The second-order valence-corrected chi connectivity index (χ2v) is 5.93. The van der Waals surface area contributed by atoms with Crippen molar-refractivity contribution in [3.63, 3.8) is 0 Å². The molecular weight excluding hydrogens is 222 g/mol. The average molecular weight is 238 g/mol. The monoisotopic (exact) mass is 238 g/mol.